The minimum atomic E-state index is -0.540. The van der Waals surface area contributed by atoms with Gasteiger partial charge in [-0.25, -0.2) is 9.59 Å². The summed E-state index contributed by atoms with van der Waals surface area (Å²) in [4.78, 5) is 24.5. The number of fused-ring (bicyclic) bond motifs is 6. The van der Waals surface area contributed by atoms with E-state index in [1.54, 1.807) is 19.1 Å². The van der Waals surface area contributed by atoms with Crippen LogP contribution < -0.4 is 9.47 Å². The van der Waals surface area contributed by atoms with Gasteiger partial charge in [-0.05, 0) is 43.6 Å². The molecule has 0 spiro atoms. The van der Waals surface area contributed by atoms with Crippen molar-refractivity contribution < 1.29 is 19.1 Å². The summed E-state index contributed by atoms with van der Waals surface area (Å²) in [7, 11) is 0. The van der Waals surface area contributed by atoms with Crippen molar-refractivity contribution in [1.82, 2.24) is 0 Å². The molecule has 4 rings (SSSR count). The molecule has 0 aliphatic heterocycles. The van der Waals surface area contributed by atoms with Crippen molar-refractivity contribution in [3.8, 4) is 11.5 Å². The smallest absolute Gasteiger partial charge is 0.338 e. The number of hydrogen-bond acceptors (Lipinski definition) is 4. The highest BCUT2D eigenvalue weighted by atomic mass is 35.5. The molecule has 2 atom stereocenters. The van der Waals surface area contributed by atoms with Crippen LogP contribution >= 0.6 is 11.6 Å². The Morgan fingerprint density at radius 1 is 1.29 bits per heavy atom. The minimum Gasteiger partial charge on any atom is -0.422 e. The Hall–Kier alpha value is -2.59. The van der Waals surface area contributed by atoms with Crippen molar-refractivity contribution >= 4 is 34.3 Å². The van der Waals surface area contributed by atoms with Crippen molar-refractivity contribution in [2.75, 3.05) is 0 Å². The highest BCUT2D eigenvalue weighted by Crippen LogP contribution is 2.64. The number of carbonyl (C=O) groups excluding carboxylic acids is 2. The molecule has 1 saturated carbocycles. The zero-order valence-electron chi connectivity index (χ0n) is 15.9. The second-order valence-electron chi connectivity index (χ2n) is 7.90. The number of benzene rings is 2. The number of rotatable bonds is 4. The third-order valence-electron chi connectivity index (χ3n) is 5.89. The van der Waals surface area contributed by atoms with E-state index in [-0.39, 0.29) is 11.3 Å². The average Bonchev–Trinajstić information content (AvgIpc) is 3.18. The van der Waals surface area contributed by atoms with Crippen LogP contribution in [0.5, 0.6) is 11.5 Å². The number of ether oxygens (including phenoxy) is 2. The Kier molecular flexibility index (Phi) is 4.35. The molecule has 0 heterocycles. The third-order valence-corrected chi connectivity index (χ3v) is 6.21. The SMILES string of the molecule is C=CC(=O)Oc1c2c(c(OC(=O)C(=C)C)c3cccc(Cl)c13)C1CCC2(C)C1. The first-order valence-electron chi connectivity index (χ1n) is 9.27. The molecule has 2 aromatic carbocycles. The van der Waals surface area contributed by atoms with E-state index in [0.29, 0.717) is 32.9 Å². The first kappa shape index (κ1) is 18.8. The normalized spacial score (nSPS) is 22.0. The van der Waals surface area contributed by atoms with Crippen molar-refractivity contribution in [2.45, 2.75) is 44.4 Å². The molecule has 2 aliphatic carbocycles. The van der Waals surface area contributed by atoms with Crippen molar-refractivity contribution in [2.24, 2.45) is 0 Å². The molecule has 4 nitrogen and oxygen atoms in total. The molecule has 0 amide bonds. The summed E-state index contributed by atoms with van der Waals surface area (Å²) in [5.41, 5.74) is 2.03. The van der Waals surface area contributed by atoms with Gasteiger partial charge in [0.05, 0.1) is 5.02 Å². The fourth-order valence-corrected chi connectivity index (χ4v) is 4.95. The first-order chi connectivity index (χ1) is 13.3. The Morgan fingerprint density at radius 3 is 2.71 bits per heavy atom. The average molecular weight is 397 g/mol. The summed E-state index contributed by atoms with van der Waals surface area (Å²) in [6, 6.07) is 5.37. The molecule has 2 aliphatic rings. The van der Waals surface area contributed by atoms with Gasteiger partial charge in [0.15, 0.2) is 0 Å². The summed E-state index contributed by atoms with van der Waals surface area (Å²) in [5.74, 6) is 0.193. The lowest BCUT2D eigenvalue weighted by molar-refractivity contribution is -0.130. The van der Waals surface area contributed by atoms with Crippen LogP contribution in [0.2, 0.25) is 5.02 Å². The number of esters is 2. The maximum absolute atomic E-state index is 12.4. The molecule has 2 bridgehead atoms. The maximum atomic E-state index is 12.4. The van der Waals surface area contributed by atoms with E-state index in [1.807, 2.05) is 6.07 Å². The van der Waals surface area contributed by atoms with Gasteiger partial charge in [0, 0.05) is 33.5 Å². The topological polar surface area (TPSA) is 52.6 Å². The number of halogens is 1. The van der Waals surface area contributed by atoms with E-state index in [1.165, 1.54) is 0 Å². The van der Waals surface area contributed by atoms with E-state index in [2.05, 4.69) is 20.1 Å². The van der Waals surface area contributed by atoms with Crippen LogP contribution in [-0.4, -0.2) is 11.9 Å². The molecule has 1 fully saturated rings. The van der Waals surface area contributed by atoms with Crippen LogP contribution in [0.4, 0.5) is 0 Å². The van der Waals surface area contributed by atoms with E-state index >= 15 is 0 Å². The maximum Gasteiger partial charge on any atom is 0.338 e. The standard InChI is InChI=1S/C23H21ClO4/c1-5-16(25)27-21-18-14(7-6-8-15(18)24)20(28-22(26)12(2)3)17-13-9-10-23(4,11-13)19(17)21/h5-8,13H,1-2,9-11H2,3-4H3. The van der Waals surface area contributed by atoms with E-state index < -0.39 is 11.9 Å². The van der Waals surface area contributed by atoms with Gasteiger partial charge in [-0.1, -0.05) is 43.8 Å². The van der Waals surface area contributed by atoms with Gasteiger partial charge in [0.2, 0.25) is 0 Å². The minimum absolute atomic E-state index is 0.158. The van der Waals surface area contributed by atoms with Gasteiger partial charge >= 0.3 is 11.9 Å². The first-order valence-corrected chi connectivity index (χ1v) is 9.65. The van der Waals surface area contributed by atoms with Crippen LogP contribution in [0.25, 0.3) is 10.8 Å². The summed E-state index contributed by atoms with van der Waals surface area (Å²) in [5, 5.41) is 1.67. The van der Waals surface area contributed by atoms with Gasteiger partial charge in [0.25, 0.3) is 0 Å². The highest BCUT2D eigenvalue weighted by Gasteiger charge is 2.51. The van der Waals surface area contributed by atoms with Gasteiger partial charge in [-0.15, -0.1) is 0 Å². The lowest BCUT2D eigenvalue weighted by Crippen LogP contribution is -2.20. The third kappa shape index (κ3) is 2.67. The summed E-state index contributed by atoms with van der Waals surface area (Å²) >= 11 is 6.53. The van der Waals surface area contributed by atoms with Crippen LogP contribution in [0, 0.1) is 0 Å². The van der Waals surface area contributed by atoms with Crippen molar-refractivity contribution in [3.05, 3.63) is 59.2 Å². The zero-order chi connectivity index (χ0) is 20.2. The largest absolute Gasteiger partial charge is 0.422 e. The Morgan fingerprint density at radius 2 is 2.04 bits per heavy atom. The Labute approximate surface area is 168 Å². The van der Waals surface area contributed by atoms with Gasteiger partial charge < -0.3 is 9.47 Å². The van der Waals surface area contributed by atoms with E-state index in [0.717, 1.165) is 36.5 Å². The molecule has 28 heavy (non-hydrogen) atoms. The summed E-state index contributed by atoms with van der Waals surface area (Å²) in [6.07, 6.45) is 4.04. The Bertz CT molecular complexity index is 1070. The lowest BCUT2D eigenvalue weighted by Gasteiger charge is -2.29. The van der Waals surface area contributed by atoms with Crippen LogP contribution in [0.15, 0.2) is 43.0 Å². The molecule has 0 saturated heterocycles. The second-order valence-corrected chi connectivity index (χ2v) is 8.31. The van der Waals surface area contributed by atoms with Crippen molar-refractivity contribution in [3.63, 3.8) is 0 Å². The van der Waals surface area contributed by atoms with Crippen LogP contribution in [0.3, 0.4) is 0 Å². The fourth-order valence-electron chi connectivity index (χ4n) is 4.69. The zero-order valence-corrected chi connectivity index (χ0v) is 16.7. The van der Waals surface area contributed by atoms with Crippen LogP contribution in [0.1, 0.15) is 50.2 Å². The monoisotopic (exact) mass is 396 g/mol. The number of hydrogen-bond donors (Lipinski definition) is 0. The molecule has 2 unspecified atom stereocenters. The van der Waals surface area contributed by atoms with E-state index in [9.17, 15) is 9.59 Å². The predicted molar refractivity (Wildman–Crippen MR) is 109 cm³/mol. The molecular weight excluding hydrogens is 376 g/mol. The van der Waals surface area contributed by atoms with Gasteiger partial charge in [-0.2, -0.15) is 0 Å². The molecule has 5 heteroatoms. The van der Waals surface area contributed by atoms with Crippen LogP contribution in [-0.2, 0) is 15.0 Å². The second kappa shape index (κ2) is 6.49. The highest BCUT2D eigenvalue weighted by molar-refractivity contribution is 6.36. The fraction of sp³-hybridized carbons (Fsp3) is 0.304. The lowest BCUT2D eigenvalue weighted by atomic mass is 9.78. The molecule has 0 radical (unpaired) electrons. The summed E-state index contributed by atoms with van der Waals surface area (Å²) < 4.78 is 11.5. The van der Waals surface area contributed by atoms with E-state index in [4.69, 9.17) is 21.1 Å². The molecule has 2 aromatic rings. The summed E-state index contributed by atoms with van der Waals surface area (Å²) in [6.45, 7) is 11.0. The Balaban J connectivity index is 2.10. The van der Waals surface area contributed by atoms with Crippen molar-refractivity contribution in [1.29, 1.82) is 0 Å². The molecule has 0 N–H and O–H groups in total. The van der Waals surface area contributed by atoms with Gasteiger partial charge in [0.1, 0.15) is 11.5 Å². The predicted octanol–water partition coefficient (Wildman–Crippen LogP) is 5.60. The molecular formula is C23H21ClO4. The number of carbonyl (C=O) groups is 2. The molecule has 144 valence electrons. The quantitative estimate of drug-likeness (QED) is 0.383. The van der Waals surface area contributed by atoms with Gasteiger partial charge in [-0.3, -0.25) is 0 Å². The molecule has 0 aromatic heterocycles.